The minimum atomic E-state index is 0. The minimum Gasteiger partial charge on any atom is -0.379 e. The molecule has 1 aliphatic rings. The van der Waals surface area contributed by atoms with Crippen LogP contribution in [0.5, 0.6) is 0 Å². The molecule has 0 unspecified atom stereocenters. The first-order chi connectivity index (χ1) is 13.8. The molecule has 1 aromatic carbocycles. The van der Waals surface area contributed by atoms with E-state index in [0.717, 1.165) is 71.0 Å². The predicted molar refractivity (Wildman–Crippen MR) is 128 cm³/mol. The number of imidazole rings is 1. The van der Waals surface area contributed by atoms with Crippen LogP contribution in [0.1, 0.15) is 24.2 Å². The fourth-order valence-electron chi connectivity index (χ4n) is 3.35. The molecule has 8 heteroatoms. The second-order valence-electron chi connectivity index (χ2n) is 7.06. The van der Waals surface area contributed by atoms with Crippen LogP contribution in [0.4, 0.5) is 0 Å². The van der Waals surface area contributed by atoms with Gasteiger partial charge in [-0.05, 0) is 31.4 Å². The number of morpholine rings is 1. The SMILES string of the molecule is I.NC(=NCc1nccn1CCCc1ccccc1)NCCCN1CCOCC1. The smallest absolute Gasteiger partial charge is 0.189 e. The number of nitrogens with one attached hydrogen (secondary N) is 1. The number of hydrogen-bond acceptors (Lipinski definition) is 4. The van der Waals surface area contributed by atoms with Gasteiger partial charge in [0.05, 0.1) is 13.2 Å². The summed E-state index contributed by atoms with van der Waals surface area (Å²) in [5, 5.41) is 3.20. The number of benzene rings is 1. The number of guanidine groups is 1. The highest BCUT2D eigenvalue weighted by atomic mass is 127. The lowest BCUT2D eigenvalue weighted by molar-refractivity contribution is 0.0376. The maximum atomic E-state index is 6.00. The summed E-state index contributed by atoms with van der Waals surface area (Å²) in [6.07, 6.45) is 7.03. The zero-order valence-electron chi connectivity index (χ0n) is 17.0. The number of nitrogens with zero attached hydrogens (tertiary/aromatic N) is 4. The van der Waals surface area contributed by atoms with E-state index in [9.17, 15) is 0 Å². The fraction of sp³-hybridized carbons (Fsp3) is 0.524. The molecular weight excluding hydrogens is 479 g/mol. The fourth-order valence-corrected chi connectivity index (χ4v) is 3.35. The van der Waals surface area contributed by atoms with E-state index in [1.54, 1.807) is 0 Å². The molecule has 29 heavy (non-hydrogen) atoms. The average Bonchev–Trinajstić information content (AvgIpc) is 3.19. The van der Waals surface area contributed by atoms with Crippen LogP contribution < -0.4 is 11.1 Å². The Kier molecular flexibility index (Phi) is 11.0. The standard InChI is InChI=1S/C21H32N6O.HI/c22-21(24-9-5-11-26-14-16-28-17-15-26)25-18-20-23-10-13-27(20)12-4-8-19-6-2-1-3-7-19;/h1-3,6-7,10,13H,4-5,8-9,11-12,14-18H2,(H3,22,24,25);1H. The van der Waals surface area contributed by atoms with E-state index < -0.39 is 0 Å². The Morgan fingerprint density at radius 3 is 2.72 bits per heavy atom. The normalized spacial score (nSPS) is 15.1. The van der Waals surface area contributed by atoms with Gasteiger partial charge in [-0.3, -0.25) is 4.90 Å². The Labute approximate surface area is 190 Å². The van der Waals surface area contributed by atoms with Crippen LogP contribution in [-0.4, -0.2) is 59.8 Å². The second-order valence-corrected chi connectivity index (χ2v) is 7.06. The Hall–Kier alpha value is -1.65. The van der Waals surface area contributed by atoms with Crippen LogP contribution in [0, 0.1) is 0 Å². The molecule has 7 nitrogen and oxygen atoms in total. The third-order valence-corrected chi connectivity index (χ3v) is 4.96. The van der Waals surface area contributed by atoms with E-state index in [4.69, 9.17) is 10.5 Å². The molecule has 1 aromatic heterocycles. The van der Waals surface area contributed by atoms with Crippen molar-refractivity contribution < 1.29 is 4.74 Å². The Bertz CT molecular complexity index is 715. The average molecular weight is 512 g/mol. The minimum absolute atomic E-state index is 0. The molecule has 3 N–H and O–H groups in total. The molecular formula is C21H33IN6O. The van der Waals surface area contributed by atoms with Crippen molar-refractivity contribution in [1.29, 1.82) is 0 Å². The van der Waals surface area contributed by atoms with Crippen molar-refractivity contribution in [2.75, 3.05) is 39.4 Å². The van der Waals surface area contributed by atoms with Gasteiger partial charge in [-0.1, -0.05) is 30.3 Å². The number of halogens is 1. The number of aliphatic imine (C=N–C) groups is 1. The Morgan fingerprint density at radius 1 is 1.14 bits per heavy atom. The third kappa shape index (κ3) is 8.71. The molecule has 0 saturated carbocycles. The second kappa shape index (κ2) is 13.6. The lowest BCUT2D eigenvalue weighted by Crippen LogP contribution is -2.39. The van der Waals surface area contributed by atoms with Gasteiger partial charge in [-0.15, -0.1) is 24.0 Å². The van der Waals surface area contributed by atoms with Gasteiger partial charge >= 0.3 is 0 Å². The molecule has 1 fully saturated rings. The number of nitrogens with two attached hydrogens (primary N) is 1. The van der Waals surface area contributed by atoms with Gasteiger partial charge in [0.2, 0.25) is 0 Å². The molecule has 0 atom stereocenters. The van der Waals surface area contributed by atoms with E-state index in [1.807, 2.05) is 12.4 Å². The van der Waals surface area contributed by atoms with Gasteiger partial charge in [-0.2, -0.15) is 0 Å². The topological polar surface area (TPSA) is 80.7 Å². The van der Waals surface area contributed by atoms with Crippen molar-refractivity contribution in [3.05, 3.63) is 54.1 Å². The largest absolute Gasteiger partial charge is 0.379 e. The van der Waals surface area contributed by atoms with Crippen LogP contribution in [0.3, 0.4) is 0 Å². The zero-order valence-corrected chi connectivity index (χ0v) is 19.3. The molecule has 0 spiro atoms. The lowest BCUT2D eigenvalue weighted by Gasteiger charge is -2.26. The molecule has 2 aromatic rings. The molecule has 2 heterocycles. The highest BCUT2D eigenvalue weighted by Crippen LogP contribution is 2.06. The van der Waals surface area contributed by atoms with E-state index in [1.165, 1.54) is 5.56 Å². The molecule has 0 aliphatic carbocycles. The summed E-state index contributed by atoms with van der Waals surface area (Å²) in [5.74, 6) is 1.44. The number of hydrogen-bond donors (Lipinski definition) is 2. The van der Waals surface area contributed by atoms with Gasteiger partial charge in [0.25, 0.3) is 0 Å². The van der Waals surface area contributed by atoms with Crippen LogP contribution in [-0.2, 0) is 24.2 Å². The Morgan fingerprint density at radius 2 is 1.93 bits per heavy atom. The molecule has 3 rings (SSSR count). The van der Waals surface area contributed by atoms with Crippen LogP contribution in [0.2, 0.25) is 0 Å². The number of aryl methyl sites for hydroxylation is 2. The maximum absolute atomic E-state index is 6.00. The first-order valence-corrected chi connectivity index (χ1v) is 10.2. The van der Waals surface area contributed by atoms with Crippen molar-refractivity contribution >= 4 is 29.9 Å². The lowest BCUT2D eigenvalue weighted by atomic mass is 10.1. The summed E-state index contributed by atoms with van der Waals surface area (Å²) >= 11 is 0. The van der Waals surface area contributed by atoms with Gasteiger partial charge in [0.15, 0.2) is 5.96 Å². The monoisotopic (exact) mass is 512 g/mol. The van der Waals surface area contributed by atoms with Crippen molar-refractivity contribution in [3.8, 4) is 0 Å². The summed E-state index contributed by atoms with van der Waals surface area (Å²) in [6.45, 7) is 7.07. The molecule has 0 radical (unpaired) electrons. The first-order valence-electron chi connectivity index (χ1n) is 10.2. The summed E-state index contributed by atoms with van der Waals surface area (Å²) in [6, 6.07) is 10.6. The molecule has 1 aliphatic heterocycles. The van der Waals surface area contributed by atoms with Crippen LogP contribution >= 0.6 is 24.0 Å². The first kappa shape index (κ1) is 23.6. The van der Waals surface area contributed by atoms with Gasteiger partial charge in [-0.25, -0.2) is 9.98 Å². The van der Waals surface area contributed by atoms with E-state index in [2.05, 4.69) is 55.1 Å². The van der Waals surface area contributed by atoms with Crippen molar-refractivity contribution in [2.24, 2.45) is 10.7 Å². The highest BCUT2D eigenvalue weighted by Gasteiger charge is 2.09. The Balaban J connectivity index is 0.00000300. The molecule has 0 amide bonds. The van der Waals surface area contributed by atoms with E-state index in [-0.39, 0.29) is 24.0 Å². The van der Waals surface area contributed by atoms with Crippen LogP contribution in [0.15, 0.2) is 47.7 Å². The highest BCUT2D eigenvalue weighted by molar-refractivity contribution is 14.0. The van der Waals surface area contributed by atoms with Gasteiger partial charge in [0.1, 0.15) is 12.4 Å². The zero-order chi connectivity index (χ0) is 19.4. The predicted octanol–water partition coefficient (Wildman–Crippen LogP) is 2.26. The molecule has 1 saturated heterocycles. The van der Waals surface area contributed by atoms with E-state index in [0.29, 0.717) is 12.5 Å². The van der Waals surface area contributed by atoms with E-state index >= 15 is 0 Å². The summed E-state index contributed by atoms with van der Waals surface area (Å²) in [5.41, 5.74) is 7.37. The van der Waals surface area contributed by atoms with Crippen LogP contribution in [0.25, 0.3) is 0 Å². The summed E-state index contributed by atoms with van der Waals surface area (Å²) < 4.78 is 7.53. The number of rotatable bonds is 10. The molecule has 160 valence electrons. The van der Waals surface area contributed by atoms with Gasteiger partial charge in [0, 0.05) is 38.6 Å². The maximum Gasteiger partial charge on any atom is 0.189 e. The third-order valence-electron chi connectivity index (χ3n) is 4.96. The molecule has 0 bridgehead atoms. The summed E-state index contributed by atoms with van der Waals surface area (Å²) in [4.78, 5) is 11.3. The van der Waals surface area contributed by atoms with Gasteiger partial charge < -0.3 is 20.4 Å². The van der Waals surface area contributed by atoms with Crippen molar-refractivity contribution in [1.82, 2.24) is 19.8 Å². The van der Waals surface area contributed by atoms with Crippen molar-refractivity contribution in [3.63, 3.8) is 0 Å². The van der Waals surface area contributed by atoms with Crippen molar-refractivity contribution in [2.45, 2.75) is 32.4 Å². The quantitative estimate of drug-likeness (QED) is 0.221. The summed E-state index contributed by atoms with van der Waals surface area (Å²) in [7, 11) is 0. The number of aromatic nitrogens is 2. The number of ether oxygens (including phenoxy) is 1.